The van der Waals surface area contributed by atoms with Gasteiger partial charge in [0.1, 0.15) is 0 Å². The highest BCUT2D eigenvalue weighted by molar-refractivity contribution is 7.92. The Balaban J connectivity index is 1.49. The Hall–Kier alpha value is -2.71. The van der Waals surface area contributed by atoms with Gasteiger partial charge < -0.3 is 0 Å². The highest BCUT2D eigenvalue weighted by atomic mass is 32.2. The van der Waals surface area contributed by atoms with Crippen molar-refractivity contribution in [1.29, 1.82) is 0 Å². The summed E-state index contributed by atoms with van der Waals surface area (Å²) in [5.74, 6) is -0.251. The van der Waals surface area contributed by atoms with Gasteiger partial charge in [0.15, 0.2) is 5.13 Å². The maximum atomic E-state index is 12.8. The van der Waals surface area contributed by atoms with Gasteiger partial charge in [-0.25, -0.2) is 13.4 Å². The van der Waals surface area contributed by atoms with Crippen molar-refractivity contribution in [3.05, 3.63) is 64.5 Å². The predicted octanol–water partition coefficient (Wildman–Crippen LogP) is 4.73. The summed E-state index contributed by atoms with van der Waals surface area (Å²) in [7, 11) is -3.33. The predicted molar refractivity (Wildman–Crippen MR) is 126 cm³/mol. The van der Waals surface area contributed by atoms with Crippen molar-refractivity contribution >= 4 is 38.1 Å². The van der Waals surface area contributed by atoms with Crippen LogP contribution in [0.1, 0.15) is 41.3 Å². The summed E-state index contributed by atoms with van der Waals surface area (Å²) in [6.07, 6.45) is 4.86. The van der Waals surface area contributed by atoms with E-state index in [1.165, 1.54) is 27.5 Å². The lowest BCUT2D eigenvalue weighted by atomic mass is 10.0. The molecule has 31 heavy (non-hydrogen) atoms. The number of sulfonamides is 1. The average molecular weight is 456 g/mol. The van der Waals surface area contributed by atoms with Gasteiger partial charge in [0.25, 0.3) is 5.91 Å². The zero-order valence-electron chi connectivity index (χ0n) is 17.6. The largest absolute Gasteiger partial charge is 0.298 e. The molecule has 162 valence electrons. The quantitative estimate of drug-likeness (QED) is 0.583. The molecule has 1 aliphatic heterocycles. The molecule has 4 rings (SSSR count). The molecule has 6 nitrogen and oxygen atoms in total. The molecule has 2 heterocycles. The normalized spacial score (nSPS) is 13.7. The second-order valence-electron chi connectivity index (χ2n) is 7.72. The number of carbonyl (C=O) groups excluding carboxylic acids is 1. The van der Waals surface area contributed by atoms with Crippen LogP contribution in [0.3, 0.4) is 0 Å². The Morgan fingerprint density at radius 3 is 2.68 bits per heavy atom. The molecular formula is C23H25N3O3S2. The van der Waals surface area contributed by atoms with Gasteiger partial charge in [-0.3, -0.25) is 14.4 Å². The van der Waals surface area contributed by atoms with Crippen LogP contribution >= 0.6 is 11.3 Å². The monoisotopic (exact) mass is 455 g/mol. The Labute approximate surface area is 187 Å². The van der Waals surface area contributed by atoms with Gasteiger partial charge in [-0.05, 0) is 48.6 Å². The van der Waals surface area contributed by atoms with Gasteiger partial charge in [0, 0.05) is 23.1 Å². The summed E-state index contributed by atoms with van der Waals surface area (Å²) in [6.45, 7) is 2.63. The first kappa shape index (κ1) is 21.5. The van der Waals surface area contributed by atoms with E-state index in [1.54, 1.807) is 18.2 Å². The summed E-state index contributed by atoms with van der Waals surface area (Å²) < 4.78 is 25.4. The molecule has 0 radical (unpaired) electrons. The van der Waals surface area contributed by atoms with Crippen LogP contribution in [0, 0.1) is 0 Å². The number of hydrogen-bond acceptors (Lipinski definition) is 5. The Bertz CT molecular complexity index is 1200. The van der Waals surface area contributed by atoms with Crippen molar-refractivity contribution in [1.82, 2.24) is 4.98 Å². The van der Waals surface area contributed by atoms with Crippen molar-refractivity contribution in [2.45, 2.75) is 32.6 Å². The maximum Gasteiger partial charge on any atom is 0.257 e. The highest BCUT2D eigenvalue weighted by Gasteiger charge is 2.24. The van der Waals surface area contributed by atoms with Crippen molar-refractivity contribution < 1.29 is 13.2 Å². The molecule has 0 bridgehead atoms. The molecular weight excluding hydrogens is 430 g/mol. The molecule has 1 N–H and O–H groups in total. The fourth-order valence-corrected chi connectivity index (χ4v) is 5.52. The fourth-order valence-electron chi connectivity index (χ4n) is 3.81. The van der Waals surface area contributed by atoms with Crippen molar-refractivity contribution in [2.24, 2.45) is 0 Å². The van der Waals surface area contributed by atoms with Crippen LogP contribution in [0.5, 0.6) is 0 Å². The number of nitrogens with one attached hydrogen (secondary N) is 1. The van der Waals surface area contributed by atoms with Gasteiger partial charge in [0.05, 0.1) is 17.6 Å². The van der Waals surface area contributed by atoms with E-state index in [2.05, 4.69) is 41.5 Å². The molecule has 1 aromatic heterocycles. The molecule has 1 amide bonds. The average Bonchev–Trinajstić information content (AvgIpc) is 3.21. The Kier molecular flexibility index (Phi) is 6.11. The molecule has 1 aliphatic rings. The zero-order chi connectivity index (χ0) is 22.0. The standard InChI is InChI=1S/C23H25N3O3S2/c1-3-5-16-7-9-17(10-8-16)20-15-30-23(24-20)25-22(27)19-11-12-21-18(14-19)6-4-13-26(21)31(2,28)29/h7-12,14-15H,3-6,13H2,1-2H3,(H,24,25,27). The van der Waals surface area contributed by atoms with Crippen molar-refractivity contribution in [2.75, 3.05) is 22.4 Å². The van der Waals surface area contributed by atoms with Crippen LogP contribution in [0.25, 0.3) is 11.3 Å². The molecule has 0 unspecified atom stereocenters. The smallest absolute Gasteiger partial charge is 0.257 e. The number of rotatable bonds is 6. The Morgan fingerprint density at radius 1 is 1.19 bits per heavy atom. The third-order valence-electron chi connectivity index (χ3n) is 5.33. The first-order valence-electron chi connectivity index (χ1n) is 10.3. The van der Waals surface area contributed by atoms with Crippen LogP contribution in [0.4, 0.5) is 10.8 Å². The number of hydrogen-bond donors (Lipinski definition) is 1. The van der Waals surface area contributed by atoms with Crippen molar-refractivity contribution in [3.63, 3.8) is 0 Å². The Morgan fingerprint density at radius 2 is 1.97 bits per heavy atom. The topological polar surface area (TPSA) is 79.4 Å². The van der Waals surface area contributed by atoms with E-state index in [-0.39, 0.29) is 5.91 Å². The summed E-state index contributed by atoms with van der Waals surface area (Å²) in [4.78, 5) is 17.3. The van der Waals surface area contributed by atoms with Crippen LogP contribution in [-0.2, 0) is 22.9 Å². The minimum atomic E-state index is -3.33. The molecule has 0 fully saturated rings. The molecule has 0 saturated carbocycles. The fraction of sp³-hybridized carbons (Fsp3) is 0.304. The van der Waals surface area contributed by atoms with Crippen LogP contribution in [0.15, 0.2) is 47.8 Å². The molecule has 0 spiro atoms. The van der Waals surface area contributed by atoms with E-state index in [0.29, 0.717) is 22.9 Å². The number of aryl methyl sites for hydroxylation is 2. The highest BCUT2D eigenvalue weighted by Crippen LogP contribution is 2.31. The SMILES string of the molecule is CCCc1ccc(-c2csc(NC(=O)c3ccc4c(c3)CCCN4S(C)(=O)=O)n2)cc1. The number of benzene rings is 2. The maximum absolute atomic E-state index is 12.8. The van der Waals surface area contributed by atoms with E-state index in [4.69, 9.17) is 0 Å². The number of aromatic nitrogens is 1. The minimum Gasteiger partial charge on any atom is -0.298 e. The summed E-state index contributed by atoms with van der Waals surface area (Å²) in [6, 6.07) is 13.5. The van der Waals surface area contributed by atoms with Crippen LogP contribution in [0.2, 0.25) is 0 Å². The number of amides is 1. The van der Waals surface area contributed by atoms with E-state index in [9.17, 15) is 13.2 Å². The second kappa shape index (κ2) is 8.80. The summed E-state index contributed by atoms with van der Waals surface area (Å²) in [5.41, 5.74) is 5.18. The molecule has 3 aromatic rings. The van der Waals surface area contributed by atoms with Gasteiger partial charge >= 0.3 is 0 Å². The first-order chi connectivity index (χ1) is 14.8. The van der Waals surface area contributed by atoms with Gasteiger partial charge in [0.2, 0.25) is 10.0 Å². The van der Waals surface area contributed by atoms with Gasteiger partial charge in [-0.2, -0.15) is 0 Å². The van der Waals surface area contributed by atoms with Gasteiger partial charge in [-0.15, -0.1) is 11.3 Å². The number of thiazole rings is 1. The summed E-state index contributed by atoms with van der Waals surface area (Å²) >= 11 is 1.38. The van der Waals surface area contributed by atoms with E-state index in [0.717, 1.165) is 42.5 Å². The third-order valence-corrected chi connectivity index (χ3v) is 7.27. The minimum absolute atomic E-state index is 0.251. The van der Waals surface area contributed by atoms with Crippen molar-refractivity contribution in [3.8, 4) is 11.3 Å². The second-order valence-corrected chi connectivity index (χ2v) is 10.5. The number of nitrogens with zero attached hydrogens (tertiary/aromatic N) is 2. The van der Waals surface area contributed by atoms with E-state index >= 15 is 0 Å². The first-order valence-corrected chi connectivity index (χ1v) is 13.0. The lowest BCUT2D eigenvalue weighted by Crippen LogP contribution is -2.34. The lowest BCUT2D eigenvalue weighted by molar-refractivity contribution is 0.102. The number of anilines is 2. The van der Waals surface area contributed by atoms with Crippen LogP contribution < -0.4 is 9.62 Å². The molecule has 0 saturated heterocycles. The molecule has 0 atom stereocenters. The number of carbonyl (C=O) groups is 1. The van der Waals surface area contributed by atoms with Crippen LogP contribution in [-0.4, -0.2) is 32.1 Å². The van der Waals surface area contributed by atoms with Gasteiger partial charge in [-0.1, -0.05) is 37.6 Å². The summed E-state index contributed by atoms with van der Waals surface area (Å²) in [5, 5.41) is 5.33. The molecule has 2 aromatic carbocycles. The van der Waals surface area contributed by atoms with E-state index in [1.807, 2.05) is 5.38 Å². The molecule has 8 heteroatoms. The third kappa shape index (κ3) is 4.80. The lowest BCUT2D eigenvalue weighted by Gasteiger charge is -2.29. The number of fused-ring (bicyclic) bond motifs is 1. The van der Waals surface area contributed by atoms with E-state index < -0.39 is 10.0 Å². The zero-order valence-corrected chi connectivity index (χ0v) is 19.2. The molecule has 0 aliphatic carbocycles.